The summed E-state index contributed by atoms with van der Waals surface area (Å²) < 4.78 is 0. The standard InChI is InChI=1S/C16H22/c1-3-11(2)16-14-6-4-5-12(14)9-10-15(16)13-7-8-13/h9-11,13H,3-8H2,1-2H3. The second-order valence-corrected chi connectivity index (χ2v) is 5.64. The highest BCUT2D eigenvalue weighted by Crippen LogP contribution is 2.46. The van der Waals surface area contributed by atoms with Gasteiger partial charge in [0.25, 0.3) is 0 Å². The molecule has 1 aromatic rings. The molecule has 1 fully saturated rings. The third-order valence-corrected chi connectivity index (χ3v) is 4.48. The lowest BCUT2D eigenvalue weighted by molar-refractivity contribution is 0.712. The fourth-order valence-electron chi connectivity index (χ4n) is 3.25. The van der Waals surface area contributed by atoms with Crippen LogP contribution in [0.25, 0.3) is 0 Å². The van der Waals surface area contributed by atoms with Gasteiger partial charge in [0.15, 0.2) is 0 Å². The number of benzene rings is 1. The summed E-state index contributed by atoms with van der Waals surface area (Å²) in [7, 11) is 0. The van der Waals surface area contributed by atoms with Gasteiger partial charge < -0.3 is 0 Å². The smallest absolute Gasteiger partial charge is 0.0159 e. The van der Waals surface area contributed by atoms with Crippen molar-refractivity contribution in [3.8, 4) is 0 Å². The van der Waals surface area contributed by atoms with Crippen LogP contribution in [0.3, 0.4) is 0 Å². The Bertz CT molecular complexity index is 399. The van der Waals surface area contributed by atoms with Crippen molar-refractivity contribution >= 4 is 0 Å². The van der Waals surface area contributed by atoms with Crippen LogP contribution in [-0.2, 0) is 12.8 Å². The second-order valence-electron chi connectivity index (χ2n) is 5.64. The van der Waals surface area contributed by atoms with Gasteiger partial charge in [-0.1, -0.05) is 26.0 Å². The third kappa shape index (κ3) is 1.59. The van der Waals surface area contributed by atoms with E-state index >= 15 is 0 Å². The molecule has 1 unspecified atom stereocenters. The van der Waals surface area contributed by atoms with Crippen molar-refractivity contribution in [1.82, 2.24) is 0 Å². The molecule has 1 atom stereocenters. The number of hydrogen-bond donors (Lipinski definition) is 0. The summed E-state index contributed by atoms with van der Waals surface area (Å²) in [5.74, 6) is 1.68. The van der Waals surface area contributed by atoms with Crippen LogP contribution in [0.1, 0.15) is 73.6 Å². The van der Waals surface area contributed by atoms with Crippen molar-refractivity contribution in [2.75, 3.05) is 0 Å². The third-order valence-electron chi connectivity index (χ3n) is 4.48. The van der Waals surface area contributed by atoms with Gasteiger partial charge in [-0.2, -0.15) is 0 Å². The summed E-state index contributed by atoms with van der Waals surface area (Å²) in [5, 5.41) is 0. The van der Waals surface area contributed by atoms with Crippen LogP contribution >= 0.6 is 0 Å². The van der Waals surface area contributed by atoms with Crippen LogP contribution in [-0.4, -0.2) is 0 Å². The summed E-state index contributed by atoms with van der Waals surface area (Å²) in [4.78, 5) is 0. The van der Waals surface area contributed by atoms with Gasteiger partial charge in [-0.05, 0) is 72.6 Å². The summed E-state index contributed by atoms with van der Waals surface area (Å²) in [6.07, 6.45) is 8.20. The topological polar surface area (TPSA) is 0 Å². The van der Waals surface area contributed by atoms with Gasteiger partial charge >= 0.3 is 0 Å². The Hall–Kier alpha value is -0.780. The van der Waals surface area contributed by atoms with Crippen LogP contribution in [0.2, 0.25) is 0 Å². The predicted molar refractivity (Wildman–Crippen MR) is 69.1 cm³/mol. The number of hydrogen-bond acceptors (Lipinski definition) is 0. The Kier molecular flexibility index (Phi) is 2.53. The second kappa shape index (κ2) is 3.91. The average Bonchev–Trinajstić information content (AvgIpc) is 3.04. The molecule has 0 aromatic heterocycles. The van der Waals surface area contributed by atoms with E-state index in [4.69, 9.17) is 0 Å². The molecule has 3 rings (SSSR count). The molecule has 1 aromatic carbocycles. The van der Waals surface area contributed by atoms with Gasteiger partial charge in [-0.25, -0.2) is 0 Å². The van der Waals surface area contributed by atoms with Gasteiger partial charge in [0, 0.05) is 0 Å². The Morgan fingerprint density at radius 1 is 1.25 bits per heavy atom. The first kappa shape index (κ1) is 10.4. The molecule has 0 spiro atoms. The molecule has 0 radical (unpaired) electrons. The summed E-state index contributed by atoms with van der Waals surface area (Å²) in [6.45, 7) is 4.75. The van der Waals surface area contributed by atoms with Crippen molar-refractivity contribution in [2.45, 2.75) is 64.2 Å². The lowest BCUT2D eigenvalue weighted by atomic mass is 9.86. The van der Waals surface area contributed by atoms with E-state index in [2.05, 4.69) is 26.0 Å². The maximum Gasteiger partial charge on any atom is -0.0159 e. The van der Waals surface area contributed by atoms with Crippen LogP contribution in [0.15, 0.2) is 12.1 Å². The maximum absolute atomic E-state index is 2.45. The summed E-state index contributed by atoms with van der Waals surface area (Å²) >= 11 is 0. The van der Waals surface area contributed by atoms with E-state index in [1.54, 1.807) is 22.3 Å². The maximum atomic E-state index is 2.45. The molecule has 2 aliphatic carbocycles. The number of rotatable bonds is 3. The zero-order valence-corrected chi connectivity index (χ0v) is 10.6. The van der Waals surface area contributed by atoms with Crippen LogP contribution < -0.4 is 0 Å². The normalized spacial score (nSPS) is 20.9. The number of fused-ring (bicyclic) bond motifs is 1. The molecule has 2 aliphatic rings. The molecule has 0 saturated heterocycles. The van der Waals surface area contributed by atoms with Gasteiger partial charge in [0.1, 0.15) is 0 Å². The van der Waals surface area contributed by atoms with Crippen molar-refractivity contribution in [3.05, 3.63) is 34.4 Å². The quantitative estimate of drug-likeness (QED) is 0.691. The SMILES string of the molecule is CCC(C)c1c(C2CC2)ccc2c1CCC2. The minimum Gasteiger partial charge on any atom is -0.0648 e. The van der Waals surface area contributed by atoms with Crippen LogP contribution in [0.4, 0.5) is 0 Å². The molecule has 0 aliphatic heterocycles. The fourth-order valence-corrected chi connectivity index (χ4v) is 3.25. The molecule has 0 N–H and O–H groups in total. The Balaban J connectivity index is 2.11. The lowest BCUT2D eigenvalue weighted by Crippen LogP contribution is -2.03. The Morgan fingerprint density at radius 3 is 2.75 bits per heavy atom. The molecule has 1 saturated carbocycles. The minimum atomic E-state index is 0.767. The molecule has 0 bridgehead atoms. The molecular formula is C16H22. The van der Waals surface area contributed by atoms with Crippen molar-refractivity contribution in [3.63, 3.8) is 0 Å². The minimum absolute atomic E-state index is 0.767. The van der Waals surface area contributed by atoms with Gasteiger partial charge in [0.05, 0.1) is 0 Å². The predicted octanol–water partition coefficient (Wildman–Crippen LogP) is 4.57. The van der Waals surface area contributed by atoms with E-state index in [0.29, 0.717) is 0 Å². The molecule has 16 heavy (non-hydrogen) atoms. The first-order valence-corrected chi connectivity index (χ1v) is 6.95. The van der Waals surface area contributed by atoms with E-state index in [0.717, 1.165) is 11.8 Å². The summed E-state index contributed by atoms with van der Waals surface area (Å²) in [6, 6.07) is 4.87. The van der Waals surface area contributed by atoms with E-state index in [1.807, 2.05) is 0 Å². The van der Waals surface area contributed by atoms with Crippen molar-refractivity contribution in [2.24, 2.45) is 0 Å². The zero-order valence-electron chi connectivity index (χ0n) is 10.6. The van der Waals surface area contributed by atoms with E-state index in [9.17, 15) is 0 Å². The zero-order chi connectivity index (χ0) is 11.1. The Labute approximate surface area is 99.1 Å². The molecule has 0 heteroatoms. The number of aryl methyl sites for hydroxylation is 1. The van der Waals surface area contributed by atoms with Gasteiger partial charge in [-0.3, -0.25) is 0 Å². The van der Waals surface area contributed by atoms with Crippen LogP contribution in [0, 0.1) is 0 Å². The van der Waals surface area contributed by atoms with Gasteiger partial charge in [0.2, 0.25) is 0 Å². The molecular weight excluding hydrogens is 192 g/mol. The molecule has 0 amide bonds. The molecule has 0 nitrogen and oxygen atoms in total. The molecule has 86 valence electrons. The largest absolute Gasteiger partial charge is 0.0648 e. The fraction of sp³-hybridized carbons (Fsp3) is 0.625. The average molecular weight is 214 g/mol. The van der Waals surface area contributed by atoms with Crippen molar-refractivity contribution in [1.29, 1.82) is 0 Å². The highest BCUT2D eigenvalue weighted by molar-refractivity contribution is 5.48. The lowest BCUT2D eigenvalue weighted by Gasteiger charge is -2.19. The van der Waals surface area contributed by atoms with E-state index < -0.39 is 0 Å². The molecule has 0 heterocycles. The monoisotopic (exact) mass is 214 g/mol. The highest BCUT2D eigenvalue weighted by atomic mass is 14.3. The first-order valence-electron chi connectivity index (χ1n) is 6.95. The highest BCUT2D eigenvalue weighted by Gasteiger charge is 2.30. The Morgan fingerprint density at radius 2 is 2.06 bits per heavy atom. The van der Waals surface area contributed by atoms with E-state index in [-0.39, 0.29) is 0 Å². The van der Waals surface area contributed by atoms with Crippen molar-refractivity contribution < 1.29 is 0 Å². The van der Waals surface area contributed by atoms with E-state index in [1.165, 1.54) is 38.5 Å². The van der Waals surface area contributed by atoms with Gasteiger partial charge in [-0.15, -0.1) is 0 Å². The van der Waals surface area contributed by atoms with Crippen LogP contribution in [0.5, 0.6) is 0 Å². The first-order chi connectivity index (χ1) is 7.81. The summed E-state index contributed by atoms with van der Waals surface area (Å²) in [5.41, 5.74) is 6.84.